The molecule has 0 aliphatic rings. The first kappa shape index (κ1) is 16.2. The average Bonchev–Trinajstić information content (AvgIpc) is 2.42. The van der Waals surface area contributed by atoms with Crippen molar-refractivity contribution < 1.29 is 24.3 Å². The number of carboxylic acid groups (broad SMARTS) is 1. The number of rotatable bonds is 6. The highest BCUT2D eigenvalue weighted by Crippen LogP contribution is 2.14. The van der Waals surface area contributed by atoms with E-state index < -0.39 is 24.3 Å². The van der Waals surface area contributed by atoms with Gasteiger partial charge in [-0.3, -0.25) is 19.2 Å². The molecule has 0 radical (unpaired) electrons. The molecule has 0 aliphatic carbocycles. The number of carbonyl (C=O) groups is 4. The Hall–Kier alpha value is -2.90. The summed E-state index contributed by atoms with van der Waals surface area (Å²) in [6.45, 7) is 0.436. The Morgan fingerprint density at radius 3 is 2.33 bits per heavy atom. The van der Waals surface area contributed by atoms with Crippen molar-refractivity contribution in [3.05, 3.63) is 29.8 Å². The Labute approximate surface area is 120 Å². The second-order valence-corrected chi connectivity index (χ2v) is 4.08. The zero-order chi connectivity index (χ0) is 15.8. The van der Waals surface area contributed by atoms with Crippen LogP contribution in [-0.2, 0) is 14.4 Å². The van der Waals surface area contributed by atoms with Crippen LogP contribution in [0.2, 0.25) is 0 Å². The highest BCUT2D eigenvalue weighted by atomic mass is 16.4. The predicted octanol–water partition coefficient (Wildman–Crippen LogP) is -0.424. The van der Waals surface area contributed by atoms with Crippen molar-refractivity contribution in [3.8, 4) is 0 Å². The van der Waals surface area contributed by atoms with Crippen LogP contribution in [0, 0.1) is 0 Å². The van der Waals surface area contributed by atoms with Crippen LogP contribution in [0.3, 0.4) is 0 Å². The number of para-hydroxylation sites is 1. The molecule has 0 fully saturated rings. The van der Waals surface area contributed by atoms with Crippen LogP contribution in [-0.4, -0.2) is 41.9 Å². The highest BCUT2D eigenvalue weighted by molar-refractivity contribution is 6.04. The summed E-state index contributed by atoms with van der Waals surface area (Å²) in [5.74, 6) is -2.67. The van der Waals surface area contributed by atoms with Gasteiger partial charge in [-0.1, -0.05) is 12.1 Å². The van der Waals surface area contributed by atoms with Gasteiger partial charge in [-0.05, 0) is 12.1 Å². The lowest BCUT2D eigenvalue weighted by atomic mass is 10.1. The molecule has 1 aromatic carbocycles. The molecule has 8 heteroatoms. The third-order valence-corrected chi connectivity index (χ3v) is 2.33. The molecule has 8 nitrogen and oxygen atoms in total. The van der Waals surface area contributed by atoms with E-state index >= 15 is 0 Å². The first-order valence-corrected chi connectivity index (χ1v) is 6.03. The minimum Gasteiger partial charge on any atom is -0.480 e. The Morgan fingerprint density at radius 1 is 1.05 bits per heavy atom. The Kier molecular flexibility index (Phi) is 5.87. The number of carbonyl (C=O) groups excluding carboxylic acids is 3. The number of nitrogens with one attached hydrogen (secondary N) is 3. The van der Waals surface area contributed by atoms with E-state index in [0.29, 0.717) is 5.69 Å². The fourth-order valence-corrected chi connectivity index (χ4v) is 1.47. The van der Waals surface area contributed by atoms with E-state index in [1.165, 1.54) is 13.0 Å². The molecule has 21 heavy (non-hydrogen) atoms. The fraction of sp³-hybridized carbons (Fsp3) is 0.231. The summed E-state index contributed by atoms with van der Waals surface area (Å²) in [5.41, 5.74) is 0.534. The van der Waals surface area contributed by atoms with Crippen molar-refractivity contribution in [2.75, 3.05) is 18.4 Å². The maximum Gasteiger partial charge on any atom is 0.322 e. The largest absolute Gasteiger partial charge is 0.480 e. The number of aliphatic carboxylic acids is 1. The van der Waals surface area contributed by atoms with Gasteiger partial charge >= 0.3 is 5.97 Å². The summed E-state index contributed by atoms with van der Waals surface area (Å²) in [7, 11) is 0. The lowest BCUT2D eigenvalue weighted by Crippen LogP contribution is -2.39. The maximum atomic E-state index is 11.9. The molecular formula is C13H15N3O5. The molecule has 0 aliphatic heterocycles. The minimum absolute atomic E-state index is 0.207. The van der Waals surface area contributed by atoms with E-state index in [9.17, 15) is 19.2 Å². The minimum atomic E-state index is -1.18. The average molecular weight is 293 g/mol. The van der Waals surface area contributed by atoms with Crippen LogP contribution in [0.25, 0.3) is 0 Å². The molecule has 4 N–H and O–H groups in total. The molecule has 3 amide bonds. The zero-order valence-corrected chi connectivity index (χ0v) is 11.3. The number of benzene rings is 1. The second kappa shape index (κ2) is 7.63. The Balaban J connectivity index is 2.61. The topological polar surface area (TPSA) is 125 Å². The van der Waals surface area contributed by atoms with Crippen molar-refractivity contribution in [1.82, 2.24) is 10.6 Å². The van der Waals surface area contributed by atoms with Crippen LogP contribution in [0.4, 0.5) is 5.69 Å². The first-order chi connectivity index (χ1) is 9.90. The maximum absolute atomic E-state index is 11.9. The number of hydrogen-bond donors (Lipinski definition) is 4. The monoisotopic (exact) mass is 293 g/mol. The lowest BCUT2D eigenvalue weighted by molar-refractivity contribution is -0.137. The summed E-state index contributed by atoms with van der Waals surface area (Å²) in [4.78, 5) is 44.5. The summed E-state index contributed by atoms with van der Waals surface area (Å²) in [6.07, 6.45) is 0. The second-order valence-electron chi connectivity index (χ2n) is 4.08. The van der Waals surface area contributed by atoms with E-state index in [-0.39, 0.29) is 18.0 Å². The van der Waals surface area contributed by atoms with Crippen molar-refractivity contribution in [2.24, 2.45) is 0 Å². The van der Waals surface area contributed by atoms with E-state index in [1.807, 2.05) is 0 Å². The quantitative estimate of drug-likeness (QED) is 0.567. The van der Waals surface area contributed by atoms with E-state index in [0.717, 1.165) is 0 Å². The summed E-state index contributed by atoms with van der Waals surface area (Å²) in [5, 5.41) is 15.4. The molecule has 0 bridgehead atoms. The van der Waals surface area contributed by atoms with Gasteiger partial charge in [0.1, 0.15) is 6.54 Å². The number of amides is 3. The number of anilines is 1. The summed E-state index contributed by atoms with van der Waals surface area (Å²) >= 11 is 0. The zero-order valence-electron chi connectivity index (χ0n) is 11.3. The van der Waals surface area contributed by atoms with E-state index in [1.54, 1.807) is 18.2 Å². The van der Waals surface area contributed by atoms with Gasteiger partial charge in [0.2, 0.25) is 11.8 Å². The van der Waals surface area contributed by atoms with E-state index in [2.05, 4.69) is 16.0 Å². The third kappa shape index (κ3) is 5.72. The molecule has 0 heterocycles. The van der Waals surface area contributed by atoms with Gasteiger partial charge in [0, 0.05) is 6.92 Å². The van der Waals surface area contributed by atoms with E-state index in [4.69, 9.17) is 5.11 Å². The van der Waals surface area contributed by atoms with Gasteiger partial charge in [0.15, 0.2) is 0 Å². The van der Waals surface area contributed by atoms with Gasteiger partial charge < -0.3 is 21.1 Å². The molecule has 0 spiro atoms. The third-order valence-electron chi connectivity index (χ3n) is 2.33. The Morgan fingerprint density at radius 2 is 1.71 bits per heavy atom. The van der Waals surface area contributed by atoms with Gasteiger partial charge in [-0.25, -0.2) is 0 Å². The molecular weight excluding hydrogens is 278 g/mol. The molecule has 112 valence electrons. The van der Waals surface area contributed by atoms with Gasteiger partial charge in [0.25, 0.3) is 5.91 Å². The molecule has 0 saturated heterocycles. The SMILES string of the molecule is CC(=O)Nc1ccccc1C(=O)NCC(=O)NCC(=O)O. The van der Waals surface area contributed by atoms with Crippen molar-refractivity contribution in [1.29, 1.82) is 0 Å². The number of carboxylic acids is 1. The first-order valence-electron chi connectivity index (χ1n) is 6.03. The van der Waals surface area contributed by atoms with Gasteiger partial charge in [-0.2, -0.15) is 0 Å². The van der Waals surface area contributed by atoms with Gasteiger partial charge in [0.05, 0.1) is 17.8 Å². The van der Waals surface area contributed by atoms with Crippen LogP contribution in [0.15, 0.2) is 24.3 Å². The highest BCUT2D eigenvalue weighted by Gasteiger charge is 2.13. The molecule has 0 atom stereocenters. The smallest absolute Gasteiger partial charge is 0.322 e. The summed E-state index contributed by atoms with van der Waals surface area (Å²) in [6, 6.07) is 6.32. The normalized spacial score (nSPS) is 9.57. The van der Waals surface area contributed by atoms with Crippen LogP contribution >= 0.6 is 0 Å². The molecule has 0 unspecified atom stereocenters. The molecule has 0 saturated carbocycles. The Bertz CT molecular complexity index is 571. The van der Waals surface area contributed by atoms with Crippen LogP contribution in [0.5, 0.6) is 0 Å². The molecule has 1 rings (SSSR count). The van der Waals surface area contributed by atoms with Crippen molar-refractivity contribution in [2.45, 2.75) is 6.92 Å². The van der Waals surface area contributed by atoms with Crippen LogP contribution in [0.1, 0.15) is 17.3 Å². The van der Waals surface area contributed by atoms with Crippen LogP contribution < -0.4 is 16.0 Å². The molecule has 0 aromatic heterocycles. The van der Waals surface area contributed by atoms with Gasteiger partial charge in [-0.15, -0.1) is 0 Å². The molecule has 1 aromatic rings. The standard InChI is InChI=1S/C13H15N3O5/c1-8(17)16-10-5-3-2-4-9(10)13(21)15-6-11(18)14-7-12(19)20/h2-5H,6-7H2,1H3,(H,14,18)(H,15,21)(H,16,17)(H,19,20). The fourth-order valence-electron chi connectivity index (χ4n) is 1.47. The number of hydrogen-bond acceptors (Lipinski definition) is 4. The van der Waals surface area contributed by atoms with Crippen molar-refractivity contribution in [3.63, 3.8) is 0 Å². The van der Waals surface area contributed by atoms with Crippen molar-refractivity contribution >= 4 is 29.4 Å². The predicted molar refractivity (Wildman–Crippen MR) is 73.7 cm³/mol. The lowest BCUT2D eigenvalue weighted by Gasteiger charge is -2.10. The summed E-state index contributed by atoms with van der Waals surface area (Å²) < 4.78 is 0.